The summed E-state index contributed by atoms with van der Waals surface area (Å²) in [5, 5.41) is 16.7. The van der Waals surface area contributed by atoms with Crippen molar-refractivity contribution < 1.29 is 95.5 Å². The molecule has 0 fully saturated rings. The molecule has 0 amide bonds. The van der Waals surface area contributed by atoms with Gasteiger partial charge in [0.15, 0.2) is 0 Å². The van der Waals surface area contributed by atoms with Gasteiger partial charge in [-0.1, -0.05) is 0 Å². The van der Waals surface area contributed by atoms with Crippen molar-refractivity contribution in [2.75, 3.05) is 0 Å². The van der Waals surface area contributed by atoms with Crippen LogP contribution in [0.1, 0.15) is 0 Å². The maximum absolute atomic E-state index is 8.40. The molecule has 0 aromatic carbocycles. The van der Waals surface area contributed by atoms with Gasteiger partial charge in [-0.3, -0.25) is 8.92 Å². The molecular weight excluding hydrogens is 216 g/mol. The molecule has 0 aromatic rings. The van der Waals surface area contributed by atoms with Crippen LogP contribution in [0, 0.1) is 0 Å². The first-order valence-corrected chi connectivity index (χ1v) is 1.84. The zero-order valence-corrected chi connectivity index (χ0v) is 12.2. The van der Waals surface area contributed by atoms with Gasteiger partial charge >= 0.3 is 68.4 Å². The second-order valence-corrected chi connectivity index (χ2v) is 0.500. The fourth-order valence-electron chi connectivity index (χ4n) is 0. The molecule has 0 aliphatic heterocycles. The van der Waals surface area contributed by atoms with E-state index in [9.17, 15) is 0 Å². The summed E-state index contributed by atoms with van der Waals surface area (Å²) in [7, 11) is -1.42. The Balaban J connectivity index is -0.00000000848. The number of carbonyl (C=O) groups is 1. The van der Waals surface area contributed by atoms with Crippen molar-refractivity contribution in [1.82, 2.24) is 6.15 Å². The maximum atomic E-state index is 8.40. The zero-order chi connectivity index (χ0) is 6.28. The number of quaternary nitrogens is 1. The van der Waals surface area contributed by atoms with E-state index in [4.69, 9.17) is 23.9 Å². The first-order valence-electron chi connectivity index (χ1n) is 1.02. The largest absolute Gasteiger partial charge is 1.00 e. The van der Waals surface area contributed by atoms with Crippen LogP contribution in [-0.4, -0.2) is 15.4 Å². The van der Waals surface area contributed by atoms with Gasteiger partial charge in [-0.2, -0.15) is 0 Å². The van der Waals surface area contributed by atoms with Gasteiger partial charge in [0.2, 0.25) is 0 Å². The summed E-state index contributed by atoms with van der Waals surface area (Å²) in [5.74, 6) is 0. The Morgan fingerprint density at radius 1 is 1.09 bits per heavy atom. The third kappa shape index (κ3) is 553. The number of halogens is 1. The summed E-state index contributed by atoms with van der Waals surface area (Å²) in [6.07, 6.45) is -2.33. The van der Waals surface area contributed by atoms with Crippen LogP contribution < -0.4 is 87.9 Å². The van der Waals surface area contributed by atoms with Crippen molar-refractivity contribution in [2.24, 2.45) is 0 Å². The van der Waals surface area contributed by atoms with Crippen molar-refractivity contribution in [3.63, 3.8) is 0 Å². The Kier molecular flexibility index (Phi) is 153. The molecule has 0 unspecified atom stereocenters. The summed E-state index contributed by atoms with van der Waals surface area (Å²) >= 11 is 0. The molecule has 0 radical (unpaired) electrons. The van der Waals surface area contributed by atoms with E-state index < -0.39 is 15.4 Å². The number of rotatable bonds is 0. The molecule has 0 aliphatic carbocycles. The molecule has 4 N–H and O–H groups in total. The molecule has 0 saturated heterocycles. The molecule has 6 nitrogen and oxygen atoms in total. The van der Waals surface area contributed by atoms with E-state index in [0.29, 0.717) is 0 Å². The quantitative estimate of drug-likeness (QED) is 0.404. The Morgan fingerprint density at radius 3 is 1.09 bits per heavy atom. The van der Waals surface area contributed by atoms with E-state index in [1.54, 1.807) is 0 Å². The Bertz CT molecular complexity index is 92.5. The summed E-state index contributed by atoms with van der Waals surface area (Å²) in [6.45, 7) is 0. The van der Waals surface area contributed by atoms with Gasteiger partial charge in [-0.25, -0.2) is 0 Å². The van der Waals surface area contributed by atoms with Crippen molar-refractivity contribution in [2.45, 2.75) is 0 Å². The second kappa shape index (κ2) is 42.5. The molecule has 10 heteroatoms. The number of carboxylic acid groups (broad SMARTS) is 2. The third-order valence-corrected chi connectivity index (χ3v) is 0. The molecular formula is CH4ClNNa2O5Si. The Morgan fingerprint density at radius 2 is 1.09 bits per heavy atom. The van der Waals surface area contributed by atoms with E-state index in [0.717, 1.165) is 0 Å². The summed E-state index contributed by atoms with van der Waals surface area (Å²) in [5.41, 5.74) is 0. The fourth-order valence-corrected chi connectivity index (χ4v) is 0. The van der Waals surface area contributed by atoms with Gasteiger partial charge in [0, 0.05) is 0 Å². The predicted molar refractivity (Wildman–Crippen MR) is 18.5 cm³/mol. The minimum atomic E-state index is -2.33. The summed E-state index contributed by atoms with van der Waals surface area (Å²) in [6, 6.07) is 0. The number of carbonyl (C=O) groups excluding carboxylic acids is 1. The molecule has 0 heterocycles. The number of hydrogen-bond acceptors (Lipinski definition) is 5. The van der Waals surface area contributed by atoms with Crippen LogP contribution >= 0.6 is 0 Å². The summed E-state index contributed by atoms with van der Waals surface area (Å²) in [4.78, 5) is 8.33. The fraction of sp³-hybridized carbons (Fsp3) is 0. The molecule has 0 spiro atoms. The zero-order valence-electron chi connectivity index (χ0n) is 6.42. The van der Waals surface area contributed by atoms with Gasteiger partial charge in [0.05, 0.1) is 0 Å². The van der Waals surface area contributed by atoms with Crippen LogP contribution in [0.3, 0.4) is 0 Å². The van der Waals surface area contributed by atoms with E-state index in [2.05, 4.69) is 0 Å². The van der Waals surface area contributed by atoms with Crippen molar-refractivity contribution in [3.8, 4) is 0 Å². The minimum absolute atomic E-state index is 0. The molecule has 56 valence electrons. The summed E-state index contributed by atoms with van der Waals surface area (Å²) < 4.78 is 16.8. The van der Waals surface area contributed by atoms with Gasteiger partial charge in [0.1, 0.15) is 0 Å². The van der Waals surface area contributed by atoms with Crippen LogP contribution in [0.25, 0.3) is 0 Å². The van der Waals surface area contributed by atoms with E-state index in [-0.39, 0.29) is 77.7 Å². The molecule has 0 saturated carbocycles. The SMILES string of the molecule is O=C([O-])[O-].O=[Si]=O.[Cl-].[NH4+].[Na+].[Na+]. The average molecular weight is 220 g/mol. The van der Waals surface area contributed by atoms with Crippen LogP contribution in [-0.2, 0) is 8.92 Å². The van der Waals surface area contributed by atoms with Crippen LogP contribution in [0.2, 0.25) is 0 Å². The standard InChI is InChI=1S/CH2O3.ClH.H3N.2Na.O2Si/c2-1(3)4;;;;;1-3-2/h(H2,2,3,4);1H;1H3;;;/q;;;2*+1;/p-2. The second-order valence-electron chi connectivity index (χ2n) is 0.333. The molecule has 0 rings (SSSR count). The van der Waals surface area contributed by atoms with Crippen LogP contribution in [0.5, 0.6) is 0 Å². The molecule has 0 aliphatic rings. The maximum Gasteiger partial charge on any atom is 1.00 e. The topological polar surface area (TPSA) is 134 Å². The van der Waals surface area contributed by atoms with Crippen molar-refractivity contribution >= 4 is 15.4 Å². The van der Waals surface area contributed by atoms with Gasteiger partial charge in [-0.05, 0) is 6.16 Å². The normalized spacial score (nSPS) is 2.91. The van der Waals surface area contributed by atoms with Gasteiger partial charge in [-0.15, -0.1) is 0 Å². The van der Waals surface area contributed by atoms with E-state index in [1.807, 2.05) is 0 Å². The third-order valence-electron chi connectivity index (χ3n) is 0. The van der Waals surface area contributed by atoms with Crippen LogP contribution in [0.15, 0.2) is 0 Å². The molecule has 0 aromatic heterocycles. The first-order chi connectivity index (χ1) is 3.15. The molecule has 11 heavy (non-hydrogen) atoms. The Labute approximate surface area is 116 Å². The van der Waals surface area contributed by atoms with Gasteiger partial charge < -0.3 is 33.6 Å². The van der Waals surface area contributed by atoms with Crippen LogP contribution in [0.4, 0.5) is 4.79 Å². The van der Waals surface area contributed by atoms with Gasteiger partial charge in [0.25, 0.3) is 0 Å². The molecule has 0 bridgehead atoms. The molecule has 0 atom stereocenters. The number of hydrogen-bond donors (Lipinski definition) is 1. The Hall–Kier alpha value is 1.34. The first kappa shape index (κ1) is 39.5. The minimum Gasteiger partial charge on any atom is -1.00 e. The smallest absolute Gasteiger partial charge is 1.00 e. The van der Waals surface area contributed by atoms with Crippen molar-refractivity contribution in [1.29, 1.82) is 0 Å². The predicted octanol–water partition coefficient (Wildman–Crippen LogP) is -11.7. The van der Waals surface area contributed by atoms with E-state index >= 15 is 0 Å². The average Bonchev–Trinajstić information content (AvgIpc) is 1.33. The van der Waals surface area contributed by atoms with E-state index in [1.165, 1.54) is 0 Å². The monoisotopic (exact) mass is 219 g/mol. The van der Waals surface area contributed by atoms with Crippen molar-refractivity contribution in [3.05, 3.63) is 0 Å².